The van der Waals surface area contributed by atoms with Crippen LogP contribution >= 0.6 is 11.6 Å². The van der Waals surface area contributed by atoms with Crippen molar-refractivity contribution in [3.8, 4) is 0 Å². The predicted molar refractivity (Wildman–Crippen MR) is 113 cm³/mol. The van der Waals surface area contributed by atoms with Crippen LogP contribution in [-0.2, 0) is 6.54 Å². The lowest BCUT2D eigenvalue weighted by molar-refractivity contribution is 0.0697. The number of benzene rings is 2. The summed E-state index contributed by atoms with van der Waals surface area (Å²) < 4.78 is 0. The first-order valence-corrected chi connectivity index (χ1v) is 9.99. The number of piperidine rings is 1. The van der Waals surface area contributed by atoms with Gasteiger partial charge >= 0.3 is 6.03 Å². The molecule has 6 heteroatoms. The van der Waals surface area contributed by atoms with Crippen LogP contribution in [0.4, 0.5) is 10.5 Å². The number of amides is 3. The maximum Gasteiger partial charge on any atom is 0.319 e. The third kappa shape index (κ3) is 5.26. The number of hydrogen-bond acceptors (Lipinski definition) is 2. The Hall–Kier alpha value is -2.53. The Kier molecular flexibility index (Phi) is 6.57. The summed E-state index contributed by atoms with van der Waals surface area (Å²) in [6.07, 6.45) is 2.11. The van der Waals surface area contributed by atoms with Crippen molar-refractivity contribution in [2.45, 2.75) is 33.2 Å². The quantitative estimate of drug-likeness (QED) is 0.772. The van der Waals surface area contributed by atoms with Crippen LogP contribution < -0.4 is 10.6 Å². The number of likely N-dealkylation sites (tertiary alicyclic amines) is 1. The molecule has 28 heavy (non-hydrogen) atoms. The van der Waals surface area contributed by atoms with Gasteiger partial charge in [0.25, 0.3) is 5.91 Å². The second kappa shape index (κ2) is 9.11. The Labute approximate surface area is 171 Å². The number of rotatable bonds is 4. The van der Waals surface area contributed by atoms with Gasteiger partial charge in [-0.05, 0) is 67.1 Å². The van der Waals surface area contributed by atoms with E-state index in [0.717, 1.165) is 37.1 Å². The van der Waals surface area contributed by atoms with Gasteiger partial charge in [-0.25, -0.2) is 4.79 Å². The van der Waals surface area contributed by atoms with E-state index >= 15 is 0 Å². The molecule has 0 saturated carbocycles. The first-order chi connectivity index (χ1) is 13.4. The molecule has 1 fully saturated rings. The smallest absolute Gasteiger partial charge is 0.319 e. The lowest BCUT2D eigenvalue weighted by Gasteiger charge is -2.30. The SMILES string of the molecule is Cc1cc(C(=O)N2CCC(C)CC2)ccc1NC(=O)NCc1ccc(Cl)cc1. The third-order valence-corrected chi connectivity index (χ3v) is 5.41. The van der Waals surface area contributed by atoms with Crippen LogP contribution in [-0.4, -0.2) is 29.9 Å². The van der Waals surface area contributed by atoms with Crippen molar-refractivity contribution in [1.29, 1.82) is 0 Å². The zero-order chi connectivity index (χ0) is 20.1. The zero-order valence-electron chi connectivity index (χ0n) is 16.3. The molecule has 1 saturated heterocycles. The molecular weight excluding hydrogens is 374 g/mol. The van der Waals surface area contributed by atoms with E-state index in [-0.39, 0.29) is 11.9 Å². The van der Waals surface area contributed by atoms with Crippen LogP contribution in [0.25, 0.3) is 0 Å². The molecule has 0 atom stereocenters. The number of aryl methyl sites for hydroxylation is 1. The van der Waals surface area contributed by atoms with Crippen LogP contribution in [0, 0.1) is 12.8 Å². The first-order valence-electron chi connectivity index (χ1n) is 9.61. The van der Waals surface area contributed by atoms with Crippen LogP contribution in [0.1, 0.15) is 41.3 Å². The van der Waals surface area contributed by atoms with Gasteiger partial charge in [-0.1, -0.05) is 30.7 Å². The lowest BCUT2D eigenvalue weighted by atomic mass is 9.98. The number of halogens is 1. The molecule has 0 radical (unpaired) electrons. The molecule has 2 aromatic carbocycles. The minimum Gasteiger partial charge on any atom is -0.339 e. The lowest BCUT2D eigenvalue weighted by Crippen LogP contribution is -2.37. The number of anilines is 1. The maximum atomic E-state index is 12.7. The van der Waals surface area contributed by atoms with Crippen LogP contribution in [0.2, 0.25) is 5.02 Å². The van der Waals surface area contributed by atoms with Crippen molar-refractivity contribution in [2.75, 3.05) is 18.4 Å². The molecule has 0 unspecified atom stereocenters. The van der Waals surface area contributed by atoms with Crippen molar-refractivity contribution in [2.24, 2.45) is 5.92 Å². The summed E-state index contributed by atoms with van der Waals surface area (Å²) in [6.45, 7) is 6.15. The van der Waals surface area contributed by atoms with E-state index in [1.807, 2.05) is 30.0 Å². The molecule has 3 rings (SSSR count). The Balaban J connectivity index is 1.56. The Bertz CT molecular complexity index is 843. The molecule has 2 N–H and O–H groups in total. The molecule has 0 bridgehead atoms. The summed E-state index contributed by atoms with van der Waals surface area (Å²) in [5.41, 5.74) is 3.18. The van der Waals surface area contributed by atoms with Gasteiger partial charge < -0.3 is 15.5 Å². The summed E-state index contributed by atoms with van der Waals surface area (Å²) in [7, 11) is 0. The third-order valence-electron chi connectivity index (χ3n) is 5.16. The van der Waals surface area contributed by atoms with Gasteiger partial charge in [0.05, 0.1) is 0 Å². The van der Waals surface area contributed by atoms with Gasteiger partial charge in [-0.15, -0.1) is 0 Å². The molecule has 1 aliphatic rings. The van der Waals surface area contributed by atoms with Gasteiger partial charge in [0.15, 0.2) is 0 Å². The highest BCUT2D eigenvalue weighted by atomic mass is 35.5. The van der Waals surface area contributed by atoms with Gasteiger partial charge in [-0.3, -0.25) is 4.79 Å². The first kappa shape index (κ1) is 20.2. The standard InChI is InChI=1S/C22H26ClN3O2/c1-15-9-11-26(12-10-15)21(27)18-5-8-20(16(2)13-18)25-22(28)24-14-17-3-6-19(23)7-4-17/h3-8,13,15H,9-12,14H2,1-2H3,(H2,24,25,28). The number of hydrogen-bond donors (Lipinski definition) is 2. The Morgan fingerprint density at radius 1 is 1.11 bits per heavy atom. The average molecular weight is 400 g/mol. The van der Waals surface area contributed by atoms with E-state index in [0.29, 0.717) is 28.7 Å². The highest BCUT2D eigenvalue weighted by molar-refractivity contribution is 6.30. The number of urea groups is 1. The molecule has 1 aliphatic heterocycles. The molecule has 0 spiro atoms. The van der Waals surface area contributed by atoms with E-state index < -0.39 is 0 Å². The van der Waals surface area contributed by atoms with Gasteiger partial charge in [0, 0.05) is 35.9 Å². The number of nitrogens with one attached hydrogen (secondary N) is 2. The maximum absolute atomic E-state index is 12.7. The van der Waals surface area contributed by atoms with Gasteiger partial charge in [-0.2, -0.15) is 0 Å². The van der Waals surface area contributed by atoms with Crippen LogP contribution in [0.3, 0.4) is 0 Å². The van der Waals surface area contributed by atoms with E-state index in [2.05, 4.69) is 17.6 Å². The minimum absolute atomic E-state index is 0.0636. The second-order valence-corrected chi connectivity index (χ2v) is 7.88. The Morgan fingerprint density at radius 2 is 1.79 bits per heavy atom. The largest absolute Gasteiger partial charge is 0.339 e. The minimum atomic E-state index is -0.290. The highest BCUT2D eigenvalue weighted by Crippen LogP contribution is 2.21. The predicted octanol–water partition coefficient (Wildman–Crippen LogP) is 4.84. The van der Waals surface area contributed by atoms with Crippen LogP contribution in [0.5, 0.6) is 0 Å². The number of carbonyl (C=O) groups is 2. The molecule has 1 heterocycles. The summed E-state index contributed by atoms with van der Waals surface area (Å²) in [5, 5.41) is 6.33. The summed E-state index contributed by atoms with van der Waals surface area (Å²) in [6, 6.07) is 12.4. The molecule has 2 aromatic rings. The topological polar surface area (TPSA) is 61.4 Å². The molecular formula is C22H26ClN3O2. The van der Waals surface area contributed by atoms with E-state index in [1.165, 1.54) is 0 Å². The van der Waals surface area contributed by atoms with E-state index in [9.17, 15) is 9.59 Å². The van der Waals surface area contributed by atoms with Gasteiger partial charge in [0.1, 0.15) is 0 Å². The fraction of sp³-hybridized carbons (Fsp3) is 0.364. The monoisotopic (exact) mass is 399 g/mol. The second-order valence-electron chi connectivity index (χ2n) is 7.44. The van der Waals surface area contributed by atoms with Crippen molar-refractivity contribution < 1.29 is 9.59 Å². The van der Waals surface area contributed by atoms with Crippen LogP contribution in [0.15, 0.2) is 42.5 Å². The summed E-state index contributed by atoms with van der Waals surface area (Å²) in [5.74, 6) is 0.748. The fourth-order valence-electron chi connectivity index (χ4n) is 3.28. The summed E-state index contributed by atoms with van der Waals surface area (Å²) >= 11 is 5.86. The number of carbonyl (C=O) groups excluding carboxylic acids is 2. The molecule has 3 amide bonds. The van der Waals surface area contributed by atoms with Crippen molar-refractivity contribution in [3.05, 3.63) is 64.2 Å². The normalized spacial score (nSPS) is 14.6. The molecule has 0 aliphatic carbocycles. The highest BCUT2D eigenvalue weighted by Gasteiger charge is 2.21. The van der Waals surface area contributed by atoms with Crippen molar-refractivity contribution in [1.82, 2.24) is 10.2 Å². The summed E-state index contributed by atoms with van der Waals surface area (Å²) in [4.78, 5) is 26.8. The number of nitrogens with zero attached hydrogens (tertiary/aromatic N) is 1. The van der Waals surface area contributed by atoms with E-state index in [1.54, 1.807) is 24.3 Å². The average Bonchev–Trinajstić information content (AvgIpc) is 2.69. The molecule has 148 valence electrons. The molecule has 5 nitrogen and oxygen atoms in total. The zero-order valence-corrected chi connectivity index (χ0v) is 17.1. The van der Waals surface area contributed by atoms with E-state index in [4.69, 9.17) is 11.6 Å². The Morgan fingerprint density at radius 3 is 2.43 bits per heavy atom. The van der Waals surface area contributed by atoms with Gasteiger partial charge in [0.2, 0.25) is 0 Å². The fourth-order valence-corrected chi connectivity index (χ4v) is 3.41. The van der Waals surface area contributed by atoms with Crippen molar-refractivity contribution >= 4 is 29.2 Å². The van der Waals surface area contributed by atoms with Crippen molar-refractivity contribution in [3.63, 3.8) is 0 Å². The molecule has 0 aromatic heterocycles.